The Labute approximate surface area is 131 Å². The predicted molar refractivity (Wildman–Crippen MR) is 85.9 cm³/mol. The van der Waals surface area contributed by atoms with E-state index in [1.807, 2.05) is 19.9 Å². The van der Waals surface area contributed by atoms with Gasteiger partial charge in [0.2, 0.25) is 5.91 Å². The Bertz CT molecular complexity index is 563. The number of hydrogen-bond acceptors (Lipinski definition) is 2. The molecule has 1 aliphatic rings. The molecule has 1 aromatic carbocycles. The number of fused-ring (bicyclic) bond motifs is 1. The van der Waals surface area contributed by atoms with E-state index in [0.717, 1.165) is 18.4 Å². The number of rotatable bonds is 6. The Balaban J connectivity index is 1.92. The highest BCUT2D eigenvalue weighted by atomic mass is 16.4. The van der Waals surface area contributed by atoms with Crippen molar-refractivity contribution in [1.29, 1.82) is 0 Å². The summed E-state index contributed by atoms with van der Waals surface area (Å²) >= 11 is 0. The van der Waals surface area contributed by atoms with Crippen LogP contribution in [-0.4, -0.2) is 22.5 Å². The van der Waals surface area contributed by atoms with Gasteiger partial charge in [-0.3, -0.25) is 9.59 Å². The number of aliphatic carboxylic acids is 1. The SMILES string of the molecule is CC(C)(CCC(=O)O)NC(=O)Cc1ccc2c(c1)CCCC2. The fourth-order valence-corrected chi connectivity index (χ4v) is 2.99. The number of carboxylic acids is 1. The van der Waals surface area contributed by atoms with Gasteiger partial charge in [-0.15, -0.1) is 0 Å². The second kappa shape index (κ2) is 6.95. The van der Waals surface area contributed by atoms with Crippen LogP contribution in [0.5, 0.6) is 0 Å². The van der Waals surface area contributed by atoms with Crippen LogP contribution in [-0.2, 0) is 28.9 Å². The second-order valence-electron chi connectivity index (χ2n) is 6.81. The van der Waals surface area contributed by atoms with Crippen molar-refractivity contribution in [3.8, 4) is 0 Å². The third-order valence-corrected chi connectivity index (χ3v) is 4.22. The van der Waals surface area contributed by atoms with E-state index in [2.05, 4.69) is 17.4 Å². The average Bonchev–Trinajstić information content (AvgIpc) is 2.44. The molecule has 1 aromatic rings. The smallest absolute Gasteiger partial charge is 0.303 e. The molecule has 0 atom stereocenters. The first kappa shape index (κ1) is 16.5. The Morgan fingerprint density at radius 2 is 1.86 bits per heavy atom. The van der Waals surface area contributed by atoms with Gasteiger partial charge in [-0.25, -0.2) is 0 Å². The van der Waals surface area contributed by atoms with Crippen molar-refractivity contribution in [2.45, 2.75) is 64.3 Å². The number of carboxylic acid groups (broad SMARTS) is 1. The summed E-state index contributed by atoms with van der Waals surface area (Å²) in [6, 6.07) is 6.33. The van der Waals surface area contributed by atoms with Crippen molar-refractivity contribution >= 4 is 11.9 Å². The van der Waals surface area contributed by atoms with E-state index in [1.54, 1.807) is 0 Å². The van der Waals surface area contributed by atoms with Crippen LogP contribution in [0.3, 0.4) is 0 Å². The molecule has 2 rings (SSSR count). The summed E-state index contributed by atoms with van der Waals surface area (Å²) in [7, 11) is 0. The number of carbonyl (C=O) groups excluding carboxylic acids is 1. The van der Waals surface area contributed by atoms with Gasteiger partial charge in [0.25, 0.3) is 0 Å². The lowest BCUT2D eigenvalue weighted by Crippen LogP contribution is -2.44. The molecular formula is C18H25NO3. The highest BCUT2D eigenvalue weighted by Gasteiger charge is 2.21. The quantitative estimate of drug-likeness (QED) is 0.849. The Kier molecular flexibility index (Phi) is 5.22. The lowest BCUT2D eigenvalue weighted by atomic mass is 9.90. The molecule has 2 N–H and O–H groups in total. The monoisotopic (exact) mass is 303 g/mol. The minimum absolute atomic E-state index is 0.0499. The van der Waals surface area contributed by atoms with Crippen LogP contribution in [0.2, 0.25) is 0 Å². The van der Waals surface area contributed by atoms with Crippen molar-refractivity contribution in [3.05, 3.63) is 34.9 Å². The van der Waals surface area contributed by atoms with Gasteiger partial charge in [0.05, 0.1) is 6.42 Å². The molecule has 0 fully saturated rings. The van der Waals surface area contributed by atoms with Crippen molar-refractivity contribution in [1.82, 2.24) is 5.32 Å². The highest BCUT2D eigenvalue weighted by molar-refractivity contribution is 5.79. The molecule has 0 radical (unpaired) electrons. The third-order valence-electron chi connectivity index (χ3n) is 4.22. The van der Waals surface area contributed by atoms with Crippen LogP contribution < -0.4 is 5.32 Å². The summed E-state index contributed by atoms with van der Waals surface area (Å²) in [5.41, 5.74) is 3.33. The van der Waals surface area contributed by atoms with E-state index in [9.17, 15) is 9.59 Å². The van der Waals surface area contributed by atoms with Crippen LogP contribution in [0, 0.1) is 0 Å². The summed E-state index contributed by atoms with van der Waals surface area (Å²) < 4.78 is 0. The van der Waals surface area contributed by atoms with E-state index in [0.29, 0.717) is 12.8 Å². The topological polar surface area (TPSA) is 66.4 Å². The molecule has 0 aromatic heterocycles. The van der Waals surface area contributed by atoms with Crippen LogP contribution >= 0.6 is 0 Å². The average molecular weight is 303 g/mol. The van der Waals surface area contributed by atoms with Gasteiger partial charge in [-0.2, -0.15) is 0 Å². The molecule has 22 heavy (non-hydrogen) atoms. The lowest BCUT2D eigenvalue weighted by molar-refractivity contribution is -0.137. The van der Waals surface area contributed by atoms with Crippen LogP contribution in [0.25, 0.3) is 0 Å². The van der Waals surface area contributed by atoms with Crippen molar-refractivity contribution < 1.29 is 14.7 Å². The Hall–Kier alpha value is -1.84. The number of amides is 1. The molecule has 4 heteroatoms. The highest BCUT2D eigenvalue weighted by Crippen LogP contribution is 2.22. The van der Waals surface area contributed by atoms with Crippen LogP contribution in [0.15, 0.2) is 18.2 Å². The minimum atomic E-state index is -0.836. The normalized spacial score (nSPS) is 14.3. The van der Waals surface area contributed by atoms with Gasteiger partial charge in [0.1, 0.15) is 0 Å². The lowest BCUT2D eigenvalue weighted by Gasteiger charge is -2.26. The van der Waals surface area contributed by atoms with Gasteiger partial charge >= 0.3 is 5.97 Å². The zero-order valence-electron chi connectivity index (χ0n) is 13.4. The number of aryl methyl sites for hydroxylation is 2. The number of carbonyl (C=O) groups is 2. The summed E-state index contributed by atoms with van der Waals surface area (Å²) in [5.74, 6) is -0.886. The standard InChI is InChI=1S/C18H25NO3/c1-18(2,10-9-17(21)22)19-16(20)12-13-7-8-14-5-3-4-6-15(14)11-13/h7-8,11H,3-6,9-10,12H2,1-2H3,(H,19,20)(H,21,22). The summed E-state index contributed by atoms with van der Waals surface area (Å²) in [4.78, 5) is 22.8. The maximum atomic E-state index is 12.2. The van der Waals surface area contributed by atoms with Gasteiger partial charge in [0, 0.05) is 12.0 Å². The maximum Gasteiger partial charge on any atom is 0.303 e. The zero-order chi connectivity index (χ0) is 16.2. The molecular weight excluding hydrogens is 278 g/mol. The van der Waals surface area contributed by atoms with E-state index >= 15 is 0 Å². The Morgan fingerprint density at radius 3 is 2.55 bits per heavy atom. The number of hydrogen-bond donors (Lipinski definition) is 2. The molecule has 0 unspecified atom stereocenters. The fourth-order valence-electron chi connectivity index (χ4n) is 2.99. The largest absolute Gasteiger partial charge is 0.481 e. The second-order valence-corrected chi connectivity index (χ2v) is 6.81. The van der Waals surface area contributed by atoms with Gasteiger partial charge < -0.3 is 10.4 Å². The van der Waals surface area contributed by atoms with E-state index in [4.69, 9.17) is 5.11 Å². The van der Waals surface area contributed by atoms with Gasteiger partial charge in [0.15, 0.2) is 0 Å². The summed E-state index contributed by atoms with van der Waals surface area (Å²) in [5, 5.41) is 11.7. The van der Waals surface area contributed by atoms with Crippen molar-refractivity contribution in [2.75, 3.05) is 0 Å². The van der Waals surface area contributed by atoms with E-state index in [-0.39, 0.29) is 12.3 Å². The zero-order valence-corrected chi connectivity index (χ0v) is 13.4. The summed E-state index contributed by atoms with van der Waals surface area (Å²) in [6.07, 6.45) is 5.57. The molecule has 120 valence electrons. The first-order valence-corrected chi connectivity index (χ1v) is 7.99. The van der Waals surface area contributed by atoms with Gasteiger partial charge in [-0.05, 0) is 62.6 Å². The first-order valence-electron chi connectivity index (χ1n) is 7.99. The van der Waals surface area contributed by atoms with Crippen LogP contribution in [0.4, 0.5) is 0 Å². The molecule has 4 nitrogen and oxygen atoms in total. The molecule has 0 saturated heterocycles. The Morgan fingerprint density at radius 1 is 1.18 bits per heavy atom. The summed E-state index contributed by atoms with van der Waals surface area (Å²) in [6.45, 7) is 3.72. The number of benzene rings is 1. The van der Waals surface area contributed by atoms with Crippen molar-refractivity contribution in [3.63, 3.8) is 0 Å². The molecule has 0 spiro atoms. The molecule has 0 heterocycles. The maximum absolute atomic E-state index is 12.2. The number of nitrogens with one attached hydrogen (secondary N) is 1. The van der Waals surface area contributed by atoms with Crippen molar-refractivity contribution in [2.24, 2.45) is 0 Å². The van der Waals surface area contributed by atoms with E-state index in [1.165, 1.54) is 24.0 Å². The molecule has 0 saturated carbocycles. The van der Waals surface area contributed by atoms with E-state index < -0.39 is 11.5 Å². The fraction of sp³-hybridized carbons (Fsp3) is 0.556. The van der Waals surface area contributed by atoms with Gasteiger partial charge in [-0.1, -0.05) is 18.2 Å². The predicted octanol–water partition coefficient (Wildman–Crippen LogP) is 2.87. The third kappa shape index (κ3) is 4.86. The van der Waals surface area contributed by atoms with Crippen LogP contribution in [0.1, 0.15) is 56.2 Å². The minimum Gasteiger partial charge on any atom is -0.481 e. The molecule has 1 amide bonds. The molecule has 0 bridgehead atoms. The first-order chi connectivity index (χ1) is 10.4. The molecule has 0 aliphatic heterocycles. The molecule has 1 aliphatic carbocycles.